The van der Waals surface area contributed by atoms with E-state index in [2.05, 4.69) is 191 Å². The van der Waals surface area contributed by atoms with Crippen molar-refractivity contribution >= 4 is 33.6 Å². The summed E-state index contributed by atoms with van der Waals surface area (Å²) < 4.78 is 61.9. The molecule has 0 saturated carbocycles. The number of rotatable bonds is 105. The van der Waals surface area contributed by atoms with E-state index in [0.29, 0.717) is 19.3 Å². The molecule has 0 spiro atoms. The van der Waals surface area contributed by atoms with Crippen molar-refractivity contribution in [1.29, 1.82) is 0 Å². The standard InChI is InChI=1S/C117H204O16P2/c1-4-7-10-13-16-19-22-25-28-31-34-37-40-43-46-49-52-54-55-57-60-61-64-67-70-73-76-79-82-85-88-91-94-97-100-103-115(120)127-106-112(118)107-129-134(123,124)130-108-113(119)109-131-135(125,126)132-111-114(133-117(122)105-102-99-96-93-90-87-84-81-78-75-72-69-66-63-58-51-48-45-42-39-36-33-30-27-24-21-18-15-12-9-6-3)110-128-116(121)104-101-98-95-92-89-86-83-80-77-74-71-68-65-62-59-56-53-50-47-44-41-38-35-32-29-26-23-20-17-14-11-8-5-2/h7,9-10,12,16-21,25-30,34-39,43-48,112-114,118-119H,4-6,8,11,13-15,22-24,31-33,40-42,49-111H2,1-3H3,(H,123,124)(H,125,126)/b10-7-,12-9-,19-16-,20-17-,21-18-,28-25-,29-26-,30-27-,37-34-,38-35-,39-36-,46-43-,47-44-,48-45-. The summed E-state index contributed by atoms with van der Waals surface area (Å²) in [5, 5.41) is 20.8. The van der Waals surface area contributed by atoms with E-state index in [9.17, 15) is 43.5 Å². The van der Waals surface area contributed by atoms with Gasteiger partial charge in [0.1, 0.15) is 25.4 Å². The molecule has 18 heteroatoms. The molecule has 135 heavy (non-hydrogen) atoms. The van der Waals surface area contributed by atoms with Gasteiger partial charge in [0.2, 0.25) is 0 Å². The Labute approximate surface area is 828 Å². The number of ether oxygens (including phenoxy) is 3. The van der Waals surface area contributed by atoms with Gasteiger partial charge >= 0.3 is 33.6 Å². The van der Waals surface area contributed by atoms with Crippen molar-refractivity contribution in [1.82, 2.24) is 0 Å². The van der Waals surface area contributed by atoms with E-state index in [-0.39, 0.29) is 19.3 Å². The number of phosphoric acid groups is 2. The van der Waals surface area contributed by atoms with Gasteiger partial charge in [-0.2, -0.15) is 0 Å². The largest absolute Gasteiger partial charge is 0.472 e. The Morgan fingerprint density at radius 2 is 0.393 bits per heavy atom. The molecule has 5 unspecified atom stereocenters. The van der Waals surface area contributed by atoms with Crippen molar-refractivity contribution in [3.05, 3.63) is 170 Å². The van der Waals surface area contributed by atoms with E-state index in [4.69, 9.17) is 32.3 Å². The van der Waals surface area contributed by atoms with E-state index in [1.54, 1.807) is 0 Å². The summed E-state index contributed by atoms with van der Waals surface area (Å²) in [6.45, 7) is 2.53. The maximum Gasteiger partial charge on any atom is 0.472 e. The number of esters is 3. The zero-order valence-corrected chi connectivity index (χ0v) is 88.3. The highest BCUT2D eigenvalue weighted by Gasteiger charge is 2.30. The Bertz CT molecular complexity index is 3140. The molecule has 0 aromatic carbocycles. The molecule has 16 nitrogen and oxygen atoms in total. The highest BCUT2D eigenvalue weighted by molar-refractivity contribution is 7.47. The molecule has 0 aliphatic carbocycles. The number of allylic oxidation sites excluding steroid dienone is 28. The van der Waals surface area contributed by atoms with Crippen molar-refractivity contribution in [2.45, 2.75) is 514 Å². The average molecular weight is 1930 g/mol. The number of hydrogen-bond donors (Lipinski definition) is 4. The van der Waals surface area contributed by atoms with Crippen LogP contribution in [0.25, 0.3) is 0 Å². The minimum absolute atomic E-state index is 0.103. The van der Waals surface area contributed by atoms with E-state index in [0.717, 1.165) is 154 Å². The highest BCUT2D eigenvalue weighted by atomic mass is 31.2. The fraction of sp³-hybridized carbons (Fsp3) is 0.735. The zero-order chi connectivity index (χ0) is 97.8. The lowest BCUT2D eigenvalue weighted by Crippen LogP contribution is -2.30. The Morgan fingerprint density at radius 3 is 0.622 bits per heavy atom. The molecular weight excluding hydrogens is 1720 g/mol. The predicted molar refractivity (Wildman–Crippen MR) is 574 cm³/mol. The van der Waals surface area contributed by atoms with Gasteiger partial charge in [-0.1, -0.05) is 493 Å². The molecule has 0 aliphatic rings. The molecule has 0 amide bonds. The third-order valence-corrected chi connectivity index (χ3v) is 25.8. The Balaban J connectivity index is 4.58. The summed E-state index contributed by atoms with van der Waals surface area (Å²) in [6.07, 6.45) is 143. The number of unbranched alkanes of at least 4 members (excludes halogenated alkanes) is 54. The SMILES string of the molecule is CC/C=C\C/C=C\C/C=C\C/C=C\C/C=C\CCCCCCCCCCCCCCCCCCCCCC(=O)OCC(O)COP(=O)(O)OCC(O)COP(=O)(O)OCC(COC(=O)CCCCCCCCCCCCCCCCCCC/C=C\C/C=C\C/C=C\C/C=C\CCCCC)OC(=O)CCCCCCCCCCCCCCCCC/C=C\C/C=C\C/C=C\C/C=C\C/C=C\CC. The van der Waals surface area contributed by atoms with Crippen LogP contribution >= 0.6 is 15.6 Å². The lowest BCUT2D eigenvalue weighted by Gasteiger charge is -2.21. The minimum atomic E-state index is -4.95. The van der Waals surface area contributed by atoms with Gasteiger partial charge < -0.3 is 34.2 Å². The molecule has 0 radical (unpaired) electrons. The Hall–Kier alpha value is -5.09. The molecule has 0 aliphatic heterocycles. The van der Waals surface area contributed by atoms with Crippen molar-refractivity contribution < 1.29 is 75.8 Å². The van der Waals surface area contributed by atoms with Crippen molar-refractivity contribution in [2.75, 3.05) is 39.6 Å². The first-order valence-electron chi connectivity index (χ1n) is 55.4. The second kappa shape index (κ2) is 108. The number of aliphatic hydroxyl groups is 2. The number of phosphoric ester groups is 2. The van der Waals surface area contributed by atoms with Crippen molar-refractivity contribution in [2.24, 2.45) is 0 Å². The number of carbonyl (C=O) groups excluding carboxylic acids is 3. The summed E-state index contributed by atoms with van der Waals surface area (Å²) in [5.41, 5.74) is 0. The van der Waals surface area contributed by atoms with Crippen LogP contribution in [-0.4, -0.2) is 95.9 Å². The van der Waals surface area contributed by atoms with Gasteiger partial charge in [0, 0.05) is 19.3 Å². The molecule has 0 aromatic rings. The van der Waals surface area contributed by atoms with Crippen LogP contribution in [0, 0.1) is 0 Å². The smallest absolute Gasteiger partial charge is 0.463 e. The first-order chi connectivity index (χ1) is 66.2. The summed E-state index contributed by atoms with van der Waals surface area (Å²) in [5.74, 6) is -1.55. The van der Waals surface area contributed by atoms with Crippen LogP contribution in [0.5, 0.6) is 0 Å². The normalized spacial score (nSPS) is 14.2. The summed E-state index contributed by atoms with van der Waals surface area (Å²) in [6, 6.07) is 0. The molecule has 0 bridgehead atoms. The Kier molecular flexibility index (Phi) is 104. The minimum Gasteiger partial charge on any atom is -0.463 e. The maximum absolute atomic E-state index is 13.2. The topological polar surface area (TPSA) is 231 Å². The van der Waals surface area contributed by atoms with Crippen LogP contribution in [0.1, 0.15) is 496 Å². The van der Waals surface area contributed by atoms with Crippen molar-refractivity contribution in [3.63, 3.8) is 0 Å². The first-order valence-corrected chi connectivity index (χ1v) is 58.4. The van der Waals surface area contributed by atoms with Crippen LogP contribution < -0.4 is 0 Å². The summed E-state index contributed by atoms with van der Waals surface area (Å²) in [4.78, 5) is 59.4. The lowest BCUT2D eigenvalue weighted by molar-refractivity contribution is -0.161. The van der Waals surface area contributed by atoms with Gasteiger partial charge in [-0.25, -0.2) is 9.13 Å². The van der Waals surface area contributed by atoms with E-state index in [1.165, 1.54) is 283 Å². The van der Waals surface area contributed by atoms with Gasteiger partial charge in [-0.05, 0) is 154 Å². The molecular formula is C117H204O16P2. The fourth-order valence-electron chi connectivity index (χ4n) is 15.6. The molecule has 0 rings (SSSR count). The molecule has 0 heterocycles. The predicted octanol–water partition coefficient (Wildman–Crippen LogP) is 35.7. The zero-order valence-electron chi connectivity index (χ0n) is 86.5. The first kappa shape index (κ1) is 130. The maximum atomic E-state index is 13.2. The third kappa shape index (κ3) is 109. The second-order valence-corrected chi connectivity index (χ2v) is 40.0. The number of aliphatic hydroxyl groups excluding tert-OH is 2. The van der Waals surface area contributed by atoms with E-state index in [1.807, 2.05) is 0 Å². The molecule has 0 aromatic heterocycles. The molecule has 778 valence electrons. The third-order valence-electron chi connectivity index (χ3n) is 23.9. The number of carbonyl (C=O) groups is 3. The van der Waals surface area contributed by atoms with Gasteiger partial charge in [-0.3, -0.25) is 32.5 Å². The highest BCUT2D eigenvalue weighted by Crippen LogP contribution is 2.45. The monoisotopic (exact) mass is 1930 g/mol. The van der Waals surface area contributed by atoms with Crippen LogP contribution in [-0.2, 0) is 55.8 Å². The van der Waals surface area contributed by atoms with E-state index >= 15 is 0 Å². The quantitative estimate of drug-likeness (QED) is 0.0146. The molecule has 0 fully saturated rings. The van der Waals surface area contributed by atoms with Gasteiger partial charge in [0.25, 0.3) is 0 Å². The van der Waals surface area contributed by atoms with Crippen LogP contribution in [0.4, 0.5) is 0 Å². The molecule has 5 atom stereocenters. The van der Waals surface area contributed by atoms with Crippen LogP contribution in [0.2, 0.25) is 0 Å². The number of hydrogen-bond acceptors (Lipinski definition) is 14. The van der Waals surface area contributed by atoms with Gasteiger partial charge in [-0.15, -0.1) is 0 Å². The van der Waals surface area contributed by atoms with E-state index < -0.39 is 91.5 Å². The van der Waals surface area contributed by atoms with Crippen molar-refractivity contribution in [3.8, 4) is 0 Å². The second-order valence-electron chi connectivity index (χ2n) is 37.1. The molecule has 4 N–H and O–H groups in total. The molecule has 0 saturated heterocycles. The van der Waals surface area contributed by atoms with Crippen LogP contribution in [0.3, 0.4) is 0 Å². The lowest BCUT2D eigenvalue weighted by atomic mass is 10.0. The summed E-state index contributed by atoms with van der Waals surface area (Å²) in [7, 11) is -9.82. The Morgan fingerprint density at radius 1 is 0.215 bits per heavy atom. The average Bonchev–Trinajstić information content (AvgIpc) is 0.900. The fourth-order valence-corrected chi connectivity index (χ4v) is 17.2. The van der Waals surface area contributed by atoms with Crippen LogP contribution in [0.15, 0.2) is 170 Å². The summed E-state index contributed by atoms with van der Waals surface area (Å²) >= 11 is 0. The van der Waals surface area contributed by atoms with Gasteiger partial charge in [0.05, 0.1) is 26.4 Å². The van der Waals surface area contributed by atoms with Gasteiger partial charge in [0.15, 0.2) is 6.10 Å².